The minimum absolute atomic E-state index is 0.0581. The lowest BCUT2D eigenvalue weighted by Crippen LogP contribution is -2.53. The summed E-state index contributed by atoms with van der Waals surface area (Å²) in [6.45, 7) is 10.3. The van der Waals surface area contributed by atoms with E-state index in [4.69, 9.17) is 23.7 Å². The predicted octanol–water partition coefficient (Wildman–Crippen LogP) is 0.585. The fourth-order valence-corrected chi connectivity index (χ4v) is 6.04. The van der Waals surface area contributed by atoms with Crippen LogP contribution < -0.4 is 0 Å². The summed E-state index contributed by atoms with van der Waals surface area (Å²) < 4.78 is 28.2. The third-order valence-electron chi connectivity index (χ3n) is 7.62. The Morgan fingerprint density at radius 3 is 2.65 bits per heavy atom. The van der Waals surface area contributed by atoms with E-state index in [0.29, 0.717) is 0 Å². The number of fused-ring (bicyclic) bond motifs is 5. The van der Waals surface area contributed by atoms with Gasteiger partial charge in [0, 0.05) is 24.5 Å². The number of carbonyl (C=O) groups is 3. The highest BCUT2D eigenvalue weighted by atomic mass is 16.7. The van der Waals surface area contributed by atoms with Crippen LogP contribution >= 0.6 is 0 Å². The summed E-state index contributed by atoms with van der Waals surface area (Å²) in [4.78, 5) is 36.1. The minimum atomic E-state index is -1.33. The van der Waals surface area contributed by atoms with Crippen molar-refractivity contribution in [3.8, 4) is 0 Å². The van der Waals surface area contributed by atoms with Gasteiger partial charge in [0.25, 0.3) is 0 Å². The summed E-state index contributed by atoms with van der Waals surface area (Å²) in [5.74, 6) is -2.67. The smallest absolute Gasteiger partial charge is 0.334 e. The molecule has 3 heterocycles. The lowest BCUT2D eigenvalue weighted by Gasteiger charge is -2.36. The average Bonchev–Trinajstić information content (AvgIpc) is 3.52. The van der Waals surface area contributed by atoms with Crippen molar-refractivity contribution in [3.63, 3.8) is 0 Å². The lowest BCUT2D eigenvalue weighted by atomic mass is 9.74. The van der Waals surface area contributed by atoms with Gasteiger partial charge in [0.1, 0.15) is 42.2 Å². The molecule has 9 heteroatoms. The van der Waals surface area contributed by atoms with Gasteiger partial charge < -0.3 is 28.8 Å². The summed E-state index contributed by atoms with van der Waals surface area (Å²) in [6, 6.07) is 0. The van der Waals surface area contributed by atoms with E-state index in [-0.39, 0.29) is 36.4 Å². The van der Waals surface area contributed by atoms with Crippen LogP contribution in [0, 0.1) is 11.8 Å². The monoisotopic (exact) mass is 434 g/mol. The van der Waals surface area contributed by atoms with Crippen LogP contribution in [0.1, 0.15) is 34.1 Å². The van der Waals surface area contributed by atoms with E-state index in [1.807, 2.05) is 6.92 Å². The SMILES string of the molecule is C=C1C(=O)OC2C1C(OC(=O)C(C)=CCOC(C)=O)CC(C)(O)C13OC1C1OC1(C)C23. The Morgan fingerprint density at radius 1 is 1.26 bits per heavy atom. The van der Waals surface area contributed by atoms with Crippen LogP contribution in [-0.2, 0) is 38.1 Å². The van der Waals surface area contributed by atoms with Gasteiger partial charge in [-0.25, -0.2) is 9.59 Å². The van der Waals surface area contributed by atoms with Gasteiger partial charge in [0.2, 0.25) is 0 Å². The molecule has 0 bridgehead atoms. The van der Waals surface area contributed by atoms with E-state index < -0.39 is 58.8 Å². The highest BCUT2D eigenvalue weighted by Gasteiger charge is 2.93. The molecule has 0 radical (unpaired) electrons. The van der Waals surface area contributed by atoms with Gasteiger partial charge in [-0.05, 0) is 26.8 Å². The predicted molar refractivity (Wildman–Crippen MR) is 102 cm³/mol. The largest absolute Gasteiger partial charge is 0.462 e. The second-order valence-electron chi connectivity index (χ2n) is 9.56. The quantitative estimate of drug-likeness (QED) is 0.293. The first-order valence-electron chi connectivity index (χ1n) is 10.4. The van der Waals surface area contributed by atoms with Crippen molar-refractivity contribution >= 4 is 17.9 Å². The second-order valence-corrected chi connectivity index (χ2v) is 9.56. The summed E-state index contributed by atoms with van der Waals surface area (Å²) in [7, 11) is 0. The Labute approximate surface area is 179 Å². The molecule has 168 valence electrons. The number of esters is 3. The number of rotatable bonds is 4. The Bertz CT molecular complexity index is 935. The van der Waals surface area contributed by atoms with Gasteiger partial charge in [0.15, 0.2) is 0 Å². The van der Waals surface area contributed by atoms with Crippen LogP contribution in [0.3, 0.4) is 0 Å². The zero-order chi connectivity index (χ0) is 22.5. The van der Waals surface area contributed by atoms with Crippen LogP contribution in [0.5, 0.6) is 0 Å². The molecule has 0 amide bonds. The Balaban J connectivity index is 1.45. The lowest BCUT2D eigenvalue weighted by molar-refractivity contribution is -0.150. The van der Waals surface area contributed by atoms with Crippen molar-refractivity contribution in [2.75, 3.05) is 6.61 Å². The molecule has 9 unspecified atom stereocenters. The van der Waals surface area contributed by atoms with Crippen molar-refractivity contribution in [2.24, 2.45) is 11.8 Å². The average molecular weight is 434 g/mol. The highest BCUT2D eigenvalue weighted by molar-refractivity contribution is 5.92. The molecule has 5 aliphatic rings. The van der Waals surface area contributed by atoms with E-state index in [1.165, 1.54) is 13.0 Å². The Morgan fingerprint density at radius 2 is 1.97 bits per heavy atom. The van der Waals surface area contributed by atoms with Gasteiger partial charge >= 0.3 is 17.9 Å². The molecule has 1 N–H and O–H groups in total. The van der Waals surface area contributed by atoms with E-state index in [0.717, 1.165) is 0 Å². The van der Waals surface area contributed by atoms with Crippen molar-refractivity contribution in [1.29, 1.82) is 0 Å². The first kappa shape index (κ1) is 20.7. The molecule has 0 aromatic heterocycles. The summed E-state index contributed by atoms with van der Waals surface area (Å²) >= 11 is 0. The zero-order valence-corrected chi connectivity index (χ0v) is 17.9. The number of epoxide rings is 2. The molecular weight excluding hydrogens is 408 g/mol. The third-order valence-corrected chi connectivity index (χ3v) is 7.62. The minimum Gasteiger partial charge on any atom is -0.462 e. The van der Waals surface area contributed by atoms with Crippen molar-refractivity contribution in [1.82, 2.24) is 0 Å². The first-order valence-corrected chi connectivity index (χ1v) is 10.4. The maximum Gasteiger partial charge on any atom is 0.334 e. The summed E-state index contributed by atoms with van der Waals surface area (Å²) in [6.07, 6.45) is -0.469. The van der Waals surface area contributed by atoms with Gasteiger partial charge in [-0.3, -0.25) is 4.79 Å². The van der Waals surface area contributed by atoms with Gasteiger partial charge in [-0.15, -0.1) is 0 Å². The zero-order valence-electron chi connectivity index (χ0n) is 17.9. The van der Waals surface area contributed by atoms with E-state index >= 15 is 0 Å². The summed E-state index contributed by atoms with van der Waals surface area (Å²) in [5.41, 5.74) is -2.37. The number of aliphatic hydroxyl groups is 1. The van der Waals surface area contributed by atoms with E-state index in [2.05, 4.69) is 6.58 Å². The summed E-state index contributed by atoms with van der Waals surface area (Å²) in [5, 5.41) is 11.5. The Kier molecular flexibility index (Phi) is 4.12. The standard InChI is InChI=1S/C22H26O9/c1-9(6-7-27-11(3)23)18(24)28-12-8-20(4,26)22-15(14-13(12)10(2)19(25)29-14)21(5)16(30-21)17(22)31-22/h6,12-17,26H,2,7-8H2,1,3-5H3. The molecule has 3 saturated heterocycles. The van der Waals surface area contributed by atoms with Crippen LogP contribution in [0.2, 0.25) is 0 Å². The van der Waals surface area contributed by atoms with Gasteiger partial charge in [-0.1, -0.05) is 6.58 Å². The molecule has 2 saturated carbocycles. The normalized spacial score (nSPS) is 49.1. The molecule has 5 fully saturated rings. The van der Waals surface area contributed by atoms with E-state index in [9.17, 15) is 19.5 Å². The molecule has 9 atom stereocenters. The van der Waals surface area contributed by atoms with Crippen molar-refractivity contribution < 1.29 is 43.2 Å². The Hall–Kier alpha value is -2.23. The maximum absolute atomic E-state index is 12.7. The molecule has 5 rings (SSSR count). The topological polar surface area (TPSA) is 124 Å². The fraction of sp³-hybridized carbons (Fsp3) is 0.682. The van der Waals surface area contributed by atoms with Crippen molar-refractivity contribution in [2.45, 2.75) is 75.3 Å². The van der Waals surface area contributed by atoms with Gasteiger partial charge in [0.05, 0.1) is 17.4 Å². The molecule has 31 heavy (non-hydrogen) atoms. The molecule has 9 nitrogen and oxygen atoms in total. The second kappa shape index (κ2) is 6.17. The molecule has 3 aliphatic heterocycles. The third kappa shape index (κ3) is 2.63. The van der Waals surface area contributed by atoms with Crippen LogP contribution in [0.25, 0.3) is 0 Å². The van der Waals surface area contributed by atoms with Crippen LogP contribution in [-0.4, -0.2) is 70.8 Å². The first-order chi connectivity index (χ1) is 14.4. The number of hydrogen-bond acceptors (Lipinski definition) is 9. The maximum atomic E-state index is 12.7. The highest BCUT2D eigenvalue weighted by Crippen LogP contribution is 2.75. The van der Waals surface area contributed by atoms with Crippen molar-refractivity contribution in [3.05, 3.63) is 23.8 Å². The van der Waals surface area contributed by atoms with Crippen LogP contribution in [0.15, 0.2) is 23.8 Å². The molecule has 0 aromatic rings. The fourth-order valence-electron chi connectivity index (χ4n) is 6.04. The molecular formula is C22H26O9. The number of carbonyl (C=O) groups excluding carboxylic acids is 3. The van der Waals surface area contributed by atoms with Gasteiger partial charge in [-0.2, -0.15) is 0 Å². The molecule has 0 aromatic carbocycles. The molecule has 2 aliphatic carbocycles. The number of ether oxygens (including phenoxy) is 5. The van der Waals surface area contributed by atoms with Crippen LogP contribution in [0.4, 0.5) is 0 Å². The van der Waals surface area contributed by atoms with E-state index in [1.54, 1.807) is 13.8 Å². The molecule has 1 spiro atoms. The number of hydrogen-bond donors (Lipinski definition) is 1.